The van der Waals surface area contributed by atoms with Gasteiger partial charge < -0.3 is 0 Å². The van der Waals surface area contributed by atoms with E-state index >= 15 is 0 Å². The van der Waals surface area contributed by atoms with Crippen LogP contribution in [0.3, 0.4) is 0 Å². The van der Waals surface area contributed by atoms with Crippen molar-refractivity contribution in [3.8, 4) is 0 Å². The Hall–Kier alpha value is -0.260. The minimum Gasteiger partial charge on any atom is -0.0859 e. The number of hydrogen-bond acceptors (Lipinski definition) is 0. The SMILES string of the molecule is CC(C)=CCCC(C)CCCCC(C)CCCC(C)CCCC(C)C. The van der Waals surface area contributed by atoms with Crippen molar-refractivity contribution in [1.29, 1.82) is 0 Å². The van der Waals surface area contributed by atoms with Crippen molar-refractivity contribution in [3.63, 3.8) is 0 Å². The standard InChI is InChI=1S/C25H50/c1-21(2)13-10-17-23(5)15-8-9-16-24(6)19-12-20-25(7)18-11-14-22(3)4/h13,22-25H,8-12,14-20H2,1-7H3. The normalized spacial score (nSPS) is 15.2. The molecule has 0 rings (SSSR count). The molecule has 0 aromatic carbocycles. The van der Waals surface area contributed by atoms with Gasteiger partial charge in [0.2, 0.25) is 0 Å². The summed E-state index contributed by atoms with van der Waals surface area (Å²) in [6.07, 6.45) is 19.4. The maximum Gasteiger partial charge on any atom is -0.0346 e. The van der Waals surface area contributed by atoms with Gasteiger partial charge in [0.25, 0.3) is 0 Å². The Morgan fingerprint density at radius 2 is 0.960 bits per heavy atom. The van der Waals surface area contributed by atoms with E-state index in [-0.39, 0.29) is 0 Å². The van der Waals surface area contributed by atoms with Gasteiger partial charge in [-0.1, -0.05) is 110 Å². The van der Waals surface area contributed by atoms with Crippen LogP contribution in [-0.2, 0) is 0 Å². The van der Waals surface area contributed by atoms with Crippen LogP contribution >= 0.6 is 0 Å². The zero-order valence-corrected chi connectivity index (χ0v) is 18.9. The highest BCUT2D eigenvalue weighted by Crippen LogP contribution is 2.22. The summed E-state index contributed by atoms with van der Waals surface area (Å²) < 4.78 is 0. The topological polar surface area (TPSA) is 0 Å². The first-order valence-electron chi connectivity index (χ1n) is 11.4. The van der Waals surface area contributed by atoms with Gasteiger partial charge in [-0.3, -0.25) is 0 Å². The van der Waals surface area contributed by atoms with Gasteiger partial charge in [-0.25, -0.2) is 0 Å². The number of hydrogen-bond donors (Lipinski definition) is 0. The third-order valence-electron chi connectivity index (χ3n) is 5.73. The van der Waals surface area contributed by atoms with Gasteiger partial charge in [-0.05, 0) is 50.4 Å². The lowest BCUT2D eigenvalue weighted by molar-refractivity contribution is 0.379. The summed E-state index contributed by atoms with van der Waals surface area (Å²) >= 11 is 0. The van der Waals surface area contributed by atoms with Crippen LogP contribution in [0.5, 0.6) is 0 Å². The van der Waals surface area contributed by atoms with Gasteiger partial charge in [0.05, 0.1) is 0 Å². The van der Waals surface area contributed by atoms with Crippen molar-refractivity contribution in [2.45, 2.75) is 126 Å². The van der Waals surface area contributed by atoms with Crippen molar-refractivity contribution < 1.29 is 0 Å². The first-order valence-corrected chi connectivity index (χ1v) is 11.4. The van der Waals surface area contributed by atoms with Crippen molar-refractivity contribution >= 4 is 0 Å². The molecule has 25 heavy (non-hydrogen) atoms. The molecular weight excluding hydrogens is 300 g/mol. The summed E-state index contributed by atoms with van der Waals surface area (Å²) in [5, 5.41) is 0. The summed E-state index contributed by atoms with van der Waals surface area (Å²) in [5.41, 5.74) is 1.47. The number of unbranched alkanes of at least 4 members (excludes halogenated alkanes) is 1. The predicted octanol–water partition coefficient (Wildman–Crippen LogP) is 9.20. The van der Waals surface area contributed by atoms with Gasteiger partial charge in [-0.15, -0.1) is 0 Å². The molecule has 0 fully saturated rings. The highest BCUT2D eigenvalue weighted by atomic mass is 14.1. The molecule has 0 bridgehead atoms. The van der Waals surface area contributed by atoms with Crippen LogP contribution in [-0.4, -0.2) is 0 Å². The predicted molar refractivity (Wildman–Crippen MR) is 117 cm³/mol. The molecule has 0 aromatic rings. The molecular formula is C25H50. The minimum absolute atomic E-state index is 0.877. The molecule has 0 nitrogen and oxygen atoms in total. The minimum atomic E-state index is 0.877. The highest BCUT2D eigenvalue weighted by molar-refractivity contribution is 4.92. The third kappa shape index (κ3) is 18.3. The summed E-state index contributed by atoms with van der Waals surface area (Å²) in [6.45, 7) is 16.5. The van der Waals surface area contributed by atoms with Crippen LogP contribution in [0.2, 0.25) is 0 Å². The largest absolute Gasteiger partial charge is 0.0859 e. The molecule has 0 amide bonds. The van der Waals surface area contributed by atoms with Crippen molar-refractivity contribution in [3.05, 3.63) is 11.6 Å². The van der Waals surface area contributed by atoms with E-state index in [9.17, 15) is 0 Å². The smallest absolute Gasteiger partial charge is 0.0346 e. The first kappa shape index (κ1) is 24.7. The van der Waals surface area contributed by atoms with E-state index in [1.807, 2.05) is 0 Å². The Labute approximate surface area is 161 Å². The van der Waals surface area contributed by atoms with Gasteiger partial charge in [0.15, 0.2) is 0 Å². The molecule has 0 aromatic heterocycles. The second kappa shape index (κ2) is 16.0. The van der Waals surface area contributed by atoms with E-state index in [0.29, 0.717) is 0 Å². The van der Waals surface area contributed by atoms with Crippen LogP contribution in [0.15, 0.2) is 11.6 Å². The van der Waals surface area contributed by atoms with Crippen LogP contribution in [0.1, 0.15) is 126 Å². The molecule has 0 aliphatic carbocycles. The quantitative estimate of drug-likeness (QED) is 0.192. The van der Waals surface area contributed by atoms with E-state index in [4.69, 9.17) is 0 Å². The van der Waals surface area contributed by atoms with Gasteiger partial charge in [0, 0.05) is 0 Å². The Bertz CT molecular complexity index is 308. The van der Waals surface area contributed by atoms with E-state index in [0.717, 1.165) is 23.7 Å². The molecule has 0 radical (unpaired) electrons. The number of rotatable bonds is 16. The van der Waals surface area contributed by atoms with Crippen LogP contribution in [0.25, 0.3) is 0 Å². The maximum atomic E-state index is 2.47. The molecule has 0 spiro atoms. The fraction of sp³-hybridized carbons (Fsp3) is 0.920. The highest BCUT2D eigenvalue weighted by Gasteiger charge is 2.07. The monoisotopic (exact) mass is 350 g/mol. The van der Waals surface area contributed by atoms with Crippen LogP contribution in [0.4, 0.5) is 0 Å². The van der Waals surface area contributed by atoms with Crippen molar-refractivity contribution in [2.75, 3.05) is 0 Å². The molecule has 150 valence electrons. The molecule has 3 unspecified atom stereocenters. The number of allylic oxidation sites excluding steroid dienone is 2. The lowest BCUT2D eigenvalue weighted by Gasteiger charge is -2.15. The van der Waals surface area contributed by atoms with Crippen LogP contribution < -0.4 is 0 Å². The molecule has 0 saturated heterocycles. The van der Waals surface area contributed by atoms with Gasteiger partial charge in [-0.2, -0.15) is 0 Å². The fourth-order valence-electron chi connectivity index (χ4n) is 3.76. The summed E-state index contributed by atoms with van der Waals surface area (Å²) in [5.74, 6) is 3.65. The van der Waals surface area contributed by atoms with Gasteiger partial charge >= 0.3 is 0 Å². The Morgan fingerprint density at radius 3 is 1.40 bits per heavy atom. The van der Waals surface area contributed by atoms with E-state index in [1.54, 1.807) is 0 Å². The molecule has 0 heteroatoms. The Balaban J connectivity index is 3.51. The van der Waals surface area contributed by atoms with Crippen molar-refractivity contribution in [2.24, 2.45) is 23.7 Å². The molecule has 0 saturated carbocycles. The lowest BCUT2D eigenvalue weighted by Crippen LogP contribution is -2.00. The second-order valence-corrected chi connectivity index (χ2v) is 9.71. The Kier molecular flexibility index (Phi) is 15.8. The molecule has 0 heterocycles. The molecule has 0 N–H and O–H groups in total. The lowest BCUT2D eigenvalue weighted by atomic mass is 9.91. The van der Waals surface area contributed by atoms with Crippen molar-refractivity contribution in [1.82, 2.24) is 0 Å². The van der Waals surface area contributed by atoms with E-state index < -0.39 is 0 Å². The van der Waals surface area contributed by atoms with E-state index in [2.05, 4.69) is 54.5 Å². The summed E-state index contributed by atoms with van der Waals surface area (Å²) in [7, 11) is 0. The molecule has 0 aliphatic rings. The van der Waals surface area contributed by atoms with Crippen LogP contribution in [0, 0.1) is 23.7 Å². The molecule has 0 aliphatic heterocycles. The zero-order chi connectivity index (χ0) is 19.1. The average Bonchev–Trinajstić information content (AvgIpc) is 2.51. The second-order valence-electron chi connectivity index (χ2n) is 9.71. The Morgan fingerprint density at radius 1 is 0.560 bits per heavy atom. The first-order chi connectivity index (χ1) is 11.8. The van der Waals surface area contributed by atoms with Gasteiger partial charge in [0.1, 0.15) is 0 Å². The summed E-state index contributed by atoms with van der Waals surface area (Å²) in [6, 6.07) is 0. The van der Waals surface area contributed by atoms with E-state index in [1.165, 1.54) is 82.6 Å². The maximum absolute atomic E-state index is 2.47. The summed E-state index contributed by atoms with van der Waals surface area (Å²) in [4.78, 5) is 0. The zero-order valence-electron chi connectivity index (χ0n) is 18.9. The third-order valence-corrected chi connectivity index (χ3v) is 5.73. The average molecular weight is 351 g/mol. The fourth-order valence-corrected chi connectivity index (χ4v) is 3.76. The molecule has 3 atom stereocenters.